The van der Waals surface area contributed by atoms with Gasteiger partial charge in [0.2, 0.25) is 5.91 Å². The fraction of sp³-hybridized carbons (Fsp3) is 0.300. The van der Waals surface area contributed by atoms with Gasteiger partial charge >= 0.3 is 0 Å². The van der Waals surface area contributed by atoms with E-state index in [9.17, 15) is 4.79 Å². The number of amides is 1. The van der Waals surface area contributed by atoms with Crippen molar-refractivity contribution in [3.8, 4) is 5.69 Å². The summed E-state index contributed by atoms with van der Waals surface area (Å²) in [4.78, 5) is 14.8. The van der Waals surface area contributed by atoms with Crippen molar-refractivity contribution in [2.75, 3.05) is 6.54 Å². The molecule has 2 aromatic heterocycles. The van der Waals surface area contributed by atoms with Crippen LogP contribution in [0.15, 0.2) is 65.5 Å². The Kier molecular flexibility index (Phi) is 4.84. The van der Waals surface area contributed by atoms with Gasteiger partial charge in [-0.3, -0.25) is 9.69 Å². The molecule has 1 aliphatic rings. The zero-order valence-corrected chi connectivity index (χ0v) is 14.5. The number of carbonyl (C=O) groups excluding carboxylic acids is 1. The third-order valence-electron chi connectivity index (χ3n) is 4.73. The minimum atomic E-state index is -0.0926. The van der Waals surface area contributed by atoms with Gasteiger partial charge < -0.3 is 9.73 Å². The molecular weight excluding hydrogens is 328 g/mol. The minimum Gasteiger partial charge on any atom is -0.467 e. The van der Waals surface area contributed by atoms with Gasteiger partial charge in [0.05, 0.1) is 30.7 Å². The first-order valence-electron chi connectivity index (χ1n) is 8.93. The predicted octanol–water partition coefficient (Wildman–Crippen LogP) is 2.75. The van der Waals surface area contributed by atoms with Crippen LogP contribution in [0.3, 0.4) is 0 Å². The highest BCUT2D eigenvalue weighted by atomic mass is 16.3. The summed E-state index contributed by atoms with van der Waals surface area (Å²) in [5.74, 6) is 0.835. The molecule has 0 radical (unpaired) electrons. The van der Waals surface area contributed by atoms with Crippen molar-refractivity contribution >= 4 is 5.91 Å². The van der Waals surface area contributed by atoms with Crippen LogP contribution in [-0.2, 0) is 17.9 Å². The Balaban J connectivity index is 1.38. The summed E-state index contributed by atoms with van der Waals surface area (Å²) in [5.41, 5.74) is 2.15. The van der Waals surface area contributed by atoms with Crippen LogP contribution >= 0.6 is 0 Å². The number of hydrogen-bond acceptors (Lipinski definition) is 4. The molecule has 0 spiro atoms. The molecule has 1 aromatic carbocycles. The molecule has 4 rings (SSSR count). The molecule has 0 saturated carbocycles. The number of nitrogens with one attached hydrogen (secondary N) is 1. The van der Waals surface area contributed by atoms with Gasteiger partial charge in [0.1, 0.15) is 5.76 Å². The summed E-state index contributed by atoms with van der Waals surface area (Å²) in [6, 6.07) is 13.6. The Hall–Kier alpha value is -2.86. The van der Waals surface area contributed by atoms with E-state index < -0.39 is 0 Å². The van der Waals surface area contributed by atoms with E-state index in [1.165, 1.54) is 0 Å². The molecule has 6 heteroatoms. The topological polar surface area (TPSA) is 63.3 Å². The summed E-state index contributed by atoms with van der Waals surface area (Å²) in [6.45, 7) is 2.09. The van der Waals surface area contributed by atoms with Crippen LogP contribution in [0.5, 0.6) is 0 Å². The number of rotatable bonds is 6. The molecule has 3 aromatic rings. The maximum absolute atomic E-state index is 12.6. The van der Waals surface area contributed by atoms with Gasteiger partial charge in [-0.05, 0) is 43.7 Å². The lowest BCUT2D eigenvalue weighted by atomic mass is 10.2. The van der Waals surface area contributed by atoms with Gasteiger partial charge in [0.25, 0.3) is 0 Å². The van der Waals surface area contributed by atoms with Gasteiger partial charge in [0.15, 0.2) is 0 Å². The molecule has 0 aliphatic carbocycles. The Morgan fingerprint density at radius 2 is 2.12 bits per heavy atom. The van der Waals surface area contributed by atoms with Crippen LogP contribution in [0.4, 0.5) is 0 Å². The van der Waals surface area contributed by atoms with Gasteiger partial charge in [-0.1, -0.05) is 18.2 Å². The van der Waals surface area contributed by atoms with Crippen molar-refractivity contribution in [2.24, 2.45) is 0 Å². The Morgan fingerprint density at radius 3 is 2.92 bits per heavy atom. The highest BCUT2D eigenvalue weighted by molar-refractivity contribution is 5.81. The quantitative estimate of drug-likeness (QED) is 0.742. The van der Waals surface area contributed by atoms with Crippen molar-refractivity contribution < 1.29 is 9.21 Å². The summed E-state index contributed by atoms with van der Waals surface area (Å²) in [6.07, 6.45) is 7.45. The molecule has 26 heavy (non-hydrogen) atoms. The van der Waals surface area contributed by atoms with E-state index in [0.29, 0.717) is 6.54 Å². The van der Waals surface area contributed by atoms with Crippen molar-refractivity contribution in [3.05, 3.63) is 72.4 Å². The molecule has 1 aliphatic heterocycles. The largest absolute Gasteiger partial charge is 0.467 e. The van der Waals surface area contributed by atoms with Crippen LogP contribution in [-0.4, -0.2) is 33.2 Å². The lowest BCUT2D eigenvalue weighted by Gasteiger charge is -2.22. The molecule has 1 N–H and O–H groups in total. The summed E-state index contributed by atoms with van der Waals surface area (Å²) >= 11 is 0. The summed E-state index contributed by atoms with van der Waals surface area (Å²) in [7, 11) is 0. The second kappa shape index (κ2) is 7.58. The van der Waals surface area contributed by atoms with Crippen LogP contribution in [0.2, 0.25) is 0 Å². The number of benzene rings is 1. The molecule has 6 nitrogen and oxygen atoms in total. The number of likely N-dealkylation sites (tertiary alicyclic amines) is 1. The summed E-state index contributed by atoms with van der Waals surface area (Å²) in [5, 5.41) is 7.42. The SMILES string of the molecule is O=C(NCc1ccco1)C1CCCN1Cc1cnn(-c2ccccc2)c1. The molecule has 1 unspecified atom stereocenters. The first-order valence-corrected chi connectivity index (χ1v) is 8.93. The number of nitrogens with zero attached hydrogens (tertiary/aromatic N) is 3. The molecule has 0 bridgehead atoms. The van der Waals surface area contributed by atoms with E-state index in [1.54, 1.807) is 6.26 Å². The third kappa shape index (κ3) is 3.70. The van der Waals surface area contributed by atoms with Gasteiger partial charge in [0, 0.05) is 18.3 Å². The third-order valence-corrected chi connectivity index (χ3v) is 4.73. The molecule has 1 amide bonds. The molecule has 1 atom stereocenters. The lowest BCUT2D eigenvalue weighted by molar-refractivity contribution is -0.125. The van der Waals surface area contributed by atoms with Crippen LogP contribution in [0.25, 0.3) is 5.69 Å². The van der Waals surface area contributed by atoms with Crippen LogP contribution in [0.1, 0.15) is 24.2 Å². The zero-order valence-electron chi connectivity index (χ0n) is 14.5. The molecule has 1 fully saturated rings. The van der Waals surface area contributed by atoms with Gasteiger partial charge in [-0.15, -0.1) is 0 Å². The Morgan fingerprint density at radius 1 is 1.23 bits per heavy atom. The highest BCUT2D eigenvalue weighted by Crippen LogP contribution is 2.21. The summed E-state index contributed by atoms with van der Waals surface area (Å²) < 4.78 is 7.15. The Labute approximate surface area is 152 Å². The fourth-order valence-electron chi connectivity index (χ4n) is 3.42. The van der Waals surface area contributed by atoms with Crippen molar-refractivity contribution in [1.29, 1.82) is 0 Å². The van der Waals surface area contributed by atoms with Crippen molar-refractivity contribution in [2.45, 2.75) is 32.0 Å². The smallest absolute Gasteiger partial charge is 0.237 e. The van der Waals surface area contributed by atoms with E-state index in [0.717, 1.165) is 42.9 Å². The second-order valence-electron chi connectivity index (χ2n) is 6.55. The lowest BCUT2D eigenvalue weighted by Crippen LogP contribution is -2.42. The maximum Gasteiger partial charge on any atom is 0.237 e. The predicted molar refractivity (Wildman–Crippen MR) is 97.6 cm³/mol. The number of hydrogen-bond donors (Lipinski definition) is 1. The zero-order chi connectivity index (χ0) is 17.8. The van der Waals surface area contributed by atoms with Gasteiger partial charge in [-0.2, -0.15) is 5.10 Å². The Bertz CT molecular complexity index is 842. The van der Waals surface area contributed by atoms with E-state index in [-0.39, 0.29) is 11.9 Å². The van der Waals surface area contributed by atoms with Gasteiger partial charge in [-0.25, -0.2) is 4.68 Å². The molecule has 1 saturated heterocycles. The number of furan rings is 1. The van der Waals surface area contributed by atoms with Crippen molar-refractivity contribution in [3.63, 3.8) is 0 Å². The number of aromatic nitrogens is 2. The minimum absolute atomic E-state index is 0.0642. The maximum atomic E-state index is 12.6. The molecule has 3 heterocycles. The second-order valence-corrected chi connectivity index (χ2v) is 6.55. The number of para-hydroxylation sites is 1. The van der Waals surface area contributed by atoms with E-state index in [2.05, 4.69) is 15.3 Å². The van der Waals surface area contributed by atoms with E-state index >= 15 is 0 Å². The van der Waals surface area contributed by atoms with Crippen LogP contribution < -0.4 is 5.32 Å². The van der Waals surface area contributed by atoms with Crippen molar-refractivity contribution in [1.82, 2.24) is 20.0 Å². The number of carbonyl (C=O) groups is 1. The van der Waals surface area contributed by atoms with E-state index in [1.807, 2.05) is 59.5 Å². The fourth-order valence-corrected chi connectivity index (χ4v) is 3.42. The average molecular weight is 350 g/mol. The molecule has 134 valence electrons. The van der Waals surface area contributed by atoms with Crippen LogP contribution in [0, 0.1) is 0 Å². The first-order chi connectivity index (χ1) is 12.8. The standard InChI is InChI=1S/C20H22N4O2/c25-20(21-13-18-8-5-11-26-18)19-9-4-10-23(19)14-16-12-22-24(15-16)17-6-2-1-3-7-17/h1-3,5-8,11-12,15,19H,4,9-10,13-14H2,(H,21,25). The molecular formula is C20H22N4O2. The first kappa shape index (κ1) is 16.6. The van der Waals surface area contributed by atoms with E-state index in [4.69, 9.17) is 4.42 Å². The normalized spacial score (nSPS) is 17.5. The highest BCUT2D eigenvalue weighted by Gasteiger charge is 2.30. The monoisotopic (exact) mass is 350 g/mol. The average Bonchev–Trinajstić information content (AvgIpc) is 3.43.